The number of nitro groups is 1. The van der Waals surface area contributed by atoms with Gasteiger partial charge in [0.05, 0.1) is 4.92 Å². The normalized spacial score (nSPS) is 10.6. The van der Waals surface area contributed by atoms with E-state index in [1.165, 1.54) is 6.07 Å². The molecule has 0 amide bonds. The van der Waals surface area contributed by atoms with Gasteiger partial charge >= 0.3 is 0 Å². The third-order valence-corrected chi connectivity index (χ3v) is 2.86. The van der Waals surface area contributed by atoms with Crippen LogP contribution in [-0.2, 0) is 6.54 Å². The van der Waals surface area contributed by atoms with Crippen LogP contribution in [0.2, 0.25) is 0 Å². The predicted octanol–water partition coefficient (Wildman–Crippen LogP) is 2.48. The van der Waals surface area contributed by atoms with Crippen LogP contribution in [0.4, 0.5) is 11.4 Å². The summed E-state index contributed by atoms with van der Waals surface area (Å²) in [5.74, 6) is 0. The van der Waals surface area contributed by atoms with Crippen molar-refractivity contribution in [1.82, 2.24) is 4.90 Å². The zero-order valence-electron chi connectivity index (χ0n) is 10.6. The van der Waals surface area contributed by atoms with E-state index in [1.807, 2.05) is 6.07 Å². The molecule has 1 aromatic carbocycles. The average molecular weight is 237 g/mol. The number of rotatable bonds is 6. The maximum absolute atomic E-state index is 10.9. The van der Waals surface area contributed by atoms with Gasteiger partial charge in [-0.25, -0.2) is 0 Å². The monoisotopic (exact) mass is 237 g/mol. The minimum Gasteiger partial charge on any atom is -0.382 e. The summed E-state index contributed by atoms with van der Waals surface area (Å²) < 4.78 is 0. The van der Waals surface area contributed by atoms with Gasteiger partial charge in [-0.05, 0) is 18.7 Å². The molecule has 0 saturated heterocycles. The molecule has 5 heteroatoms. The van der Waals surface area contributed by atoms with Crippen LogP contribution in [0.15, 0.2) is 18.2 Å². The van der Waals surface area contributed by atoms with Gasteiger partial charge in [-0.2, -0.15) is 0 Å². The number of anilines is 1. The third kappa shape index (κ3) is 3.17. The molecular formula is C12H19N3O2. The highest BCUT2D eigenvalue weighted by molar-refractivity contribution is 5.66. The van der Waals surface area contributed by atoms with E-state index < -0.39 is 0 Å². The molecule has 0 atom stereocenters. The zero-order valence-corrected chi connectivity index (χ0v) is 10.6. The van der Waals surface area contributed by atoms with Gasteiger partial charge in [0, 0.05) is 19.7 Å². The maximum atomic E-state index is 10.9. The van der Waals surface area contributed by atoms with Crippen molar-refractivity contribution >= 4 is 11.4 Å². The Kier molecular flexibility index (Phi) is 4.90. The average Bonchev–Trinajstić information content (AvgIpc) is 2.35. The van der Waals surface area contributed by atoms with Crippen LogP contribution in [0.1, 0.15) is 19.4 Å². The molecule has 0 unspecified atom stereocenters. The number of hydrogen-bond acceptors (Lipinski definition) is 4. The molecule has 0 spiro atoms. The molecule has 17 heavy (non-hydrogen) atoms. The topological polar surface area (TPSA) is 58.4 Å². The molecule has 0 aliphatic carbocycles. The summed E-state index contributed by atoms with van der Waals surface area (Å²) in [6.45, 7) is 6.76. The van der Waals surface area contributed by atoms with Gasteiger partial charge in [-0.15, -0.1) is 0 Å². The van der Waals surface area contributed by atoms with Gasteiger partial charge in [-0.3, -0.25) is 15.0 Å². The first-order chi connectivity index (χ1) is 8.13. The number of benzene rings is 1. The molecule has 94 valence electrons. The van der Waals surface area contributed by atoms with Crippen molar-refractivity contribution in [2.45, 2.75) is 20.4 Å². The van der Waals surface area contributed by atoms with E-state index in [0.717, 1.165) is 25.2 Å². The first kappa shape index (κ1) is 13.4. The molecule has 0 heterocycles. The largest absolute Gasteiger partial charge is 0.382 e. The van der Waals surface area contributed by atoms with Crippen molar-refractivity contribution in [1.29, 1.82) is 0 Å². The molecule has 0 bridgehead atoms. The molecule has 5 nitrogen and oxygen atoms in total. The highest BCUT2D eigenvalue weighted by atomic mass is 16.6. The molecule has 0 fully saturated rings. The van der Waals surface area contributed by atoms with E-state index in [1.54, 1.807) is 13.1 Å². The summed E-state index contributed by atoms with van der Waals surface area (Å²) >= 11 is 0. The zero-order chi connectivity index (χ0) is 12.8. The van der Waals surface area contributed by atoms with Gasteiger partial charge in [0.25, 0.3) is 5.69 Å². The number of para-hydroxylation sites is 1. The van der Waals surface area contributed by atoms with Crippen LogP contribution in [0.25, 0.3) is 0 Å². The molecule has 1 rings (SSSR count). The Balaban J connectivity index is 3.06. The van der Waals surface area contributed by atoms with E-state index >= 15 is 0 Å². The highest BCUT2D eigenvalue weighted by Crippen LogP contribution is 2.28. The molecule has 1 N–H and O–H groups in total. The van der Waals surface area contributed by atoms with Crippen molar-refractivity contribution in [2.75, 3.05) is 25.5 Å². The first-order valence-electron chi connectivity index (χ1n) is 5.80. The fourth-order valence-electron chi connectivity index (χ4n) is 1.85. The lowest BCUT2D eigenvalue weighted by Gasteiger charge is -2.19. The van der Waals surface area contributed by atoms with Crippen molar-refractivity contribution in [3.05, 3.63) is 33.9 Å². The smallest absolute Gasteiger partial charge is 0.292 e. The van der Waals surface area contributed by atoms with E-state index in [4.69, 9.17) is 0 Å². The van der Waals surface area contributed by atoms with Crippen LogP contribution >= 0.6 is 0 Å². The minimum absolute atomic E-state index is 0.136. The van der Waals surface area contributed by atoms with Crippen molar-refractivity contribution in [3.8, 4) is 0 Å². The quantitative estimate of drug-likeness (QED) is 0.610. The fourth-order valence-corrected chi connectivity index (χ4v) is 1.85. The Morgan fingerprint density at radius 3 is 2.47 bits per heavy atom. The minimum atomic E-state index is -0.350. The van der Waals surface area contributed by atoms with E-state index in [-0.39, 0.29) is 10.6 Å². The second kappa shape index (κ2) is 6.20. The molecule has 0 aliphatic rings. The summed E-state index contributed by atoms with van der Waals surface area (Å²) in [4.78, 5) is 12.8. The lowest BCUT2D eigenvalue weighted by Crippen LogP contribution is -2.22. The van der Waals surface area contributed by atoms with Crippen molar-refractivity contribution < 1.29 is 4.92 Å². The Bertz CT molecular complexity index is 389. The summed E-state index contributed by atoms with van der Waals surface area (Å²) in [7, 11) is 1.72. The first-order valence-corrected chi connectivity index (χ1v) is 5.80. The Labute approximate surface area is 102 Å². The lowest BCUT2D eigenvalue weighted by atomic mass is 10.1. The van der Waals surface area contributed by atoms with E-state index in [2.05, 4.69) is 24.1 Å². The predicted molar refractivity (Wildman–Crippen MR) is 69.3 cm³/mol. The third-order valence-electron chi connectivity index (χ3n) is 2.86. The van der Waals surface area contributed by atoms with Crippen LogP contribution in [0, 0.1) is 10.1 Å². The molecule has 0 aromatic heterocycles. The molecule has 0 saturated carbocycles. The molecule has 1 aromatic rings. The number of nitrogens with one attached hydrogen (secondary N) is 1. The van der Waals surface area contributed by atoms with Crippen LogP contribution < -0.4 is 5.32 Å². The Hall–Kier alpha value is -1.62. The SMILES string of the molecule is CCN(CC)Cc1cccc([N+](=O)[O-])c1NC. The van der Waals surface area contributed by atoms with Crippen LogP contribution in [-0.4, -0.2) is 30.0 Å². The summed E-state index contributed by atoms with van der Waals surface area (Å²) in [6.07, 6.45) is 0. The lowest BCUT2D eigenvalue weighted by molar-refractivity contribution is -0.384. The van der Waals surface area contributed by atoms with Gasteiger partial charge < -0.3 is 5.32 Å². The Morgan fingerprint density at radius 1 is 1.35 bits per heavy atom. The second-order valence-corrected chi connectivity index (χ2v) is 3.78. The van der Waals surface area contributed by atoms with Crippen molar-refractivity contribution in [3.63, 3.8) is 0 Å². The van der Waals surface area contributed by atoms with Gasteiger partial charge in [-0.1, -0.05) is 26.0 Å². The summed E-state index contributed by atoms with van der Waals surface area (Å²) in [5.41, 5.74) is 1.71. The van der Waals surface area contributed by atoms with E-state index in [0.29, 0.717) is 5.69 Å². The number of hydrogen-bond donors (Lipinski definition) is 1. The number of nitrogens with zero attached hydrogens (tertiary/aromatic N) is 2. The summed E-state index contributed by atoms with van der Waals surface area (Å²) in [6, 6.07) is 5.19. The molecular weight excluding hydrogens is 218 g/mol. The Morgan fingerprint density at radius 2 is 2.00 bits per heavy atom. The van der Waals surface area contributed by atoms with Crippen LogP contribution in [0.5, 0.6) is 0 Å². The molecule has 0 radical (unpaired) electrons. The fraction of sp³-hybridized carbons (Fsp3) is 0.500. The summed E-state index contributed by atoms with van der Waals surface area (Å²) in [5, 5.41) is 13.8. The maximum Gasteiger partial charge on any atom is 0.292 e. The highest BCUT2D eigenvalue weighted by Gasteiger charge is 2.16. The number of nitro benzene ring substituents is 1. The van der Waals surface area contributed by atoms with Crippen molar-refractivity contribution in [2.24, 2.45) is 0 Å². The molecule has 0 aliphatic heterocycles. The van der Waals surface area contributed by atoms with Crippen LogP contribution in [0.3, 0.4) is 0 Å². The van der Waals surface area contributed by atoms with Gasteiger partial charge in [0.2, 0.25) is 0 Å². The van der Waals surface area contributed by atoms with Gasteiger partial charge in [0.1, 0.15) is 5.69 Å². The second-order valence-electron chi connectivity index (χ2n) is 3.78. The van der Waals surface area contributed by atoms with E-state index in [9.17, 15) is 10.1 Å². The van der Waals surface area contributed by atoms with Gasteiger partial charge in [0.15, 0.2) is 0 Å². The standard InChI is InChI=1S/C12H19N3O2/c1-4-14(5-2)9-10-7-6-8-11(15(16)17)12(10)13-3/h6-8,13H,4-5,9H2,1-3H3.